The van der Waals surface area contributed by atoms with E-state index in [1.54, 1.807) is 13.8 Å². The minimum Gasteiger partial charge on any atom is -0.481 e. The van der Waals surface area contributed by atoms with Crippen LogP contribution in [0.1, 0.15) is 59.6 Å². The van der Waals surface area contributed by atoms with Gasteiger partial charge in [0, 0.05) is 12.1 Å². The van der Waals surface area contributed by atoms with Gasteiger partial charge in [0.1, 0.15) is 0 Å². The van der Waals surface area contributed by atoms with Crippen molar-refractivity contribution in [2.24, 2.45) is 5.41 Å². The SMILES string of the molecule is CC(C)(C)c1ccc(CNC(C)(C)C(C)(C)C(=O)O)cc1. The molecule has 3 heteroatoms. The van der Waals surface area contributed by atoms with Gasteiger partial charge in [-0.3, -0.25) is 4.79 Å². The monoisotopic (exact) mass is 291 g/mol. The van der Waals surface area contributed by atoms with E-state index >= 15 is 0 Å². The second-order valence-corrected chi connectivity index (χ2v) is 7.86. The summed E-state index contributed by atoms with van der Waals surface area (Å²) in [6.07, 6.45) is 0. The van der Waals surface area contributed by atoms with Crippen molar-refractivity contribution in [3.63, 3.8) is 0 Å². The number of benzene rings is 1. The number of aliphatic carboxylic acids is 1. The standard InChI is InChI=1S/C18H29NO2/c1-16(2,3)14-10-8-13(9-11-14)12-19-18(6,7)17(4,5)15(20)21/h8-11,19H,12H2,1-7H3,(H,20,21). The molecule has 21 heavy (non-hydrogen) atoms. The van der Waals surface area contributed by atoms with Crippen LogP contribution in [0, 0.1) is 5.41 Å². The van der Waals surface area contributed by atoms with Crippen molar-refractivity contribution in [1.82, 2.24) is 5.32 Å². The Balaban J connectivity index is 2.78. The fourth-order valence-electron chi connectivity index (χ4n) is 1.93. The lowest BCUT2D eigenvalue weighted by Gasteiger charge is -2.39. The van der Waals surface area contributed by atoms with Crippen molar-refractivity contribution in [2.45, 2.75) is 66.0 Å². The van der Waals surface area contributed by atoms with E-state index in [1.165, 1.54) is 5.56 Å². The lowest BCUT2D eigenvalue weighted by Crippen LogP contribution is -2.54. The smallest absolute Gasteiger partial charge is 0.310 e. The van der Waals surface area contributed by atoms with Crippen molar-refractivity contribution in [3.05, 3.63) is 35.4 Å². The summed E-state index contributed by atoms with van der Waals surface area (Å²) in [5, 5.41) is 12.7. The lowest BCUT2D eigenvalue weighted by molar-refractivity contribution is -0.151. The van der Waals surface area contributed by atoms with Crippen LogP contribution in [0.15, 0.2) is 24.3 Å². The summed E-state index contributed by atoms with van der Waals surface area (Å²) in [6, 6.07) is 8.51. The first-order chi connectivity index (χ1) is 9.38. The summed E-state index contributed by atoms with van der Waals surface area (Å²) < 4.78 is 0. The van der Waals surface area contributed by atoms with Gasteiger partial charge < -0.3 is 10.4 Å². The predicted octanol–water partition coefficient (Wildman–Crippen LogP) is 3.96. The highest BCUT2D eigenvalue weighted by Crippen LogP contribution is 2.31. The van der Waals surface area contributed by atoms with Crippen molar-refractivity contribution < 1.29 is 9.90 Å². The van der Waals surface area contributed by atoms with E-state index in [1.807, 2.05) is 13.8 Å². The van der Waals surface area contributed by atoms with Gasteiger partial charge in [-0.2, -0.15) is 0 Å². The van der Waals surface area contributed by atoms with Crippen molar-refractivity contribution in [1.29, 1.82) is 0 Å². The molecule has 0 spiro atoms. The van der Waals surface area contributed by atoms with Crippen molar-refractivity contribution >= 4 is 5.97 Å². The molecule has 118 valence electrons. The van der Waals surface area contributed by atoms with Crippen LogP contribution < -0.4 is 5.32 Å². The summed E-state index contributed by atoms with van der Waals surface area (Å²) in [6.45, 7) is 14.6. The Morgan fingerprint density at radius 1 is 1.00 bits per heavy atom. The topological polar surface area (TPSA) is 49.3 Å². The fraction of sp³-hybridized carbons (Fsp3) is 0.611. The van der Waals surface area contributed by atoms with Gasteiger partial charge in [0.05, 0.1) is 5.41 Å². The molecule has 0 amide bonds. The molecule has 0 saturated carbocycles. The second kappa shape index (κ2) is 5.80. The highest BCUT2D eigenvalue weighted by Gasteiger charge is 2.42. The van der Waals surface area contributed by atoms with E-state index < -0.39 is 16.9 Å². The zero-order chi connectivity index (χ0) is 16.5. The van der Waals surface area contributed by atoms with Crippen LogP contribution in [0.25, 0.3) is 0 Å². The van der Waals surface area contributed by atoms with Crippen LogP contribution in [0.2, 0.25) is 0 Å². The third-order valence-corrected chi connectivity index (χ3v) is 4.65. The van der Waals surface area contributed by atoms with E-state index in [9.17, 15) is 9.90 Å². The van der Waals surface area contributed by atoms with Gasteiger partial charge in [0.15, 0.2) is 0 Å². The summed E-state index contributed by atoms with van der Waals surface area (Å²) in [5.41, 5.74) is 1.28. The summed E-state index contributed by atoms with van der Waals surface area (Å²) >= 11 is 0. The molecule has 0 unspecified atom stereocenters. The van der Waals surface area contributed by atoms with E-state index in [-0.39, 0.29) is 5.41 Å². The zero-order valence-electron chi connectivity index (χ0n) is 14.4. The molecule has 0 radical (unpaired) electrons. The van der Waals surface area contributed by atoms with Crippen LogP contribution >= 0.6 is 0 Å². The molecule has 0 fully saturated rings. The first kappa shape index (κ1) is 17.7. The summed E-state index contributed by atoms with van der Waals surface area (Å²) in [7, 11) is 0. The van der Waals surface area contributed by atoms with Crippen LogP contribution in [-0.4, -0.2) is 16.6 Å². The van der Waals surface area contributed by atoms with E-state index in [2.05, 4.69) is 50.4 Å². The first-order valence-electron chi connectivity index (χ1n) is 7.46. The Hall–Kier alpha value is -1.35. The van der Waals surface area contributed by atoms with Crippen molar-refractivity contribution in [3.8, 4) is 0 Å². The summed E-state index contributed by atoms with van der Waals surface area (Å²) in [4.78, 5) is 11.4. The number of rotatable bonds is 5. The minimum absolute atomic E-state index is 0.149. The molecule has 0 heterocycles. The fourth-order valence-corrected chi connectivity index (χ4v) is 1.93. The average Bonchev–Trinajstić information content (AvgIpc) is 2.35. The molecule has 3 nitrogen and oxygen atoms in total. The number of nitrogens with one attached hydrogen (secondary N) is 1. The van der Waals surface area contributed by atoms with Gasteiger partial charge in [0.25, 0.3) is 0 Å². The normalized spacial score (nSPS) is 13.3. The number of carbonyl (C=O) groups is 1. The van der Waals surface area contributed by atoms with Crippen molar-refractivity contribution in [2.75, 3.05) is 0 Å². The van der Waals surface area contributed by atoms with Crippen LogP contribution in [-0.2, 0) is 16.8 Å². The van der Waals surface area contributed by atoms with Crippen LogP contribution in [0.3, 0.4) is 0 Å². The number of carboxylic acids is 1. The number of hydrogen-bond acceptors (Lipinski definition) is 2. The van der Waals surface area contributed by atoms with E-state index in [0.717, 1.165) is 5.56 Å². The van der Waals surface area contributed by atoms with Gasteiger partial charge in [-0.05, 0) is 44.2 Å². The van der Waals surface area contributed by atoms with Gasteiger partial charge in [-0.15, -0.1) is 0 Å². The maximum atomic E-state index is 11.4. The Kier molecular flexibility index (Phi) is 4.89. The third-order valence-electron chi connectivity index (χ3n) is 4.65. The van der Waals surface area contributed by atoms with Crippen LogP contribution in [0.5, 0.6) is 0 Å². The van der Waals surface area contributed by atoms with Gasteiger partial charge >= 0.3 is 5.97 Å². The molecule has 1 rings (SSSR count). The molecule has 1 aromatic rings. The zero-order valence-corrected chi connectivity index (χ0v) is 14.4. The predicted molar refractivity (Wildman–Crippen MR) is 87.5 cm³/mol. The Labute approximate surface area is 128 Å². The highest BCUT2D eigenvalue weighted by atomic mass is 16.4. The Bertz CT molecular complexity index is 493. The third kappa shape index (κ3) is 4.07. The molecular formula is C18H29NO2. The molecule has 0 saturated heterocycles. The lowest BCUT2D eigenvalue weighted by atomic mass is 9.74. The summed E-state index contributed by atoms with van der Waals surface area (Å²) in [5.74, 6) is -0.789. The average molecular weight is 291 g/mol. The molecule has 0 bridgehead atoms. The maximum absolute atomic E-state index is 11.4. The molecule has 0 atom stereocenters. The highest BCUT2D eigenvalue weighted by molar-refractivity contribution is 5.75. The molecule has 0 aliphatic carbocycles. The molecular weight excluding hydrogens is 262 g/mol. The number of carboxylic acid groups (broad SMARTS) is 1. The molecule has 0 aliphatic rings. The molecule has 1 aromatic carbocycles. The Morgan fingerprint density at radius 2 is 1.48 bits per heavy atom. The maximum Gasteiger partial charge on any atom is 0.310 e. The largest absolute Gasteiger partial charge is 0.481 e. The second-order valence-electron chi connectivity index (χ2n) is 7.86. The van der Waals surface area contributed by atoms with E-state index in [0.29, 0.717) is 6.54 Å². The first-order valence-corrected chi connectivity index (χ1v) is 7.46. The van der Waals surface area contributed by atoms with Crippen LogP contribution in [0.4, 0.5) is 0 Å². The quantitative estimate of drug-likeness (QED) is 0.863. The van der Waals surface area contributed by atoms with E-state index in [4.69, 9.17) is 0 Å². The van der Waals surface area contributed by atoms with Gasteiger partial charge in [0.2, 0.25) is 0 Å². The molecule has 2 N–H and O–H groups in total. The Morgan fingerprint density at radius 3 is 1.86 bits per heavy atom. The molecule has 0 aromatic heterocycles. The van der Waals surface area contributed by atoms with Gasteiger partial charge in [-0.25, -0.2) is 0 Å². The number of hydrogen-bond donors (Lipinski definition) is 2. The minimum atomic E-state index is -0.835. The molecule has 0 aliphatic heterocycles. The van der Waals surface area contributed by atoms with Gasteiger partial charge in [-0.1, -0.05) is 45.0 Å².